The van der Waals surface area contributed by atoms with E-state index in [4.69, 9.17) is 16.3 Å². The van der Waals surface area contributed by atoms with Crippen LogP contribution in [0.5, 0.6) is 0 Å². The molecule has 4 rings (SSSR count). The molecule has 1 aliphatic carbocycles. The summed E-state index contributed by atoms with van der Waals surface area (Å²) in [7, 11) is 0. The van der Waals surface area contributed by atoms with Gasteiger partial charge in [0.15, 0.2) is 0 Å². The predicted octanol–water partition coefficient (Wildman–Crippen LogP) is 2.35. The topological polar surface area (TPSA) is 41.6 Å². The Bertz CT molecular complexity index is 579. The summed E-state index contributed by atoms with van der Waals surface area (Å²) in [5, 5.41) is 3.99. The summed E-state index contributed by atoms with van der Waals surface area (Å²) in [6.07, 6.45) is 4.35. The maximum atomic E-state index is 12.9. The summed E-state index contributed by atoms with van der Waals surface area (Å²) in [4.78, 5) is 15.4. The molecule has 1 saturated carbocycles. The zero-order chi connectivity index (χ0) is 15.9. The van der Waals surface area contributed by atoms with E-state index in [0.717, 1.165) is 38.1 Å². The molecule has 3 aliphatic rings. The third-order valence-electron chi connectivity index (χ3n) is 5.56. The zero-order valence-corrected chi connectivity index (χ0v) is 14.0. The van der Waals surface area contributed by atoms with Crippen LogP contribution in [0.1, 0.15) is 31.2 Å². The van der Waals surface area contributed by atoms with Crippen molar-refractivity contribution in [3.8, 4) is 0 Å². The Morgan fingerprint density at radius 2 is 1.87 bits per heavy atom. The number of hydrogen-bond acceptors (Lipinski definition) is 3. The van der Waals surface area contributed by atoms with Crippen molar-refractivity contribution >= 4 is 17.5 Å². The van der Waals surface area contributed by atoms with Crippen LogP contribution in [0.3, 0.4) is 0 Å². The summed E-state index contributed by atoms with van der Waals surface area (Å²) < 4.78 is 5.66. The molecule has 0 bridgehead atoms. The first-order chi connectivity index (χ1) is 11.2. The second-order valence-corrected chi connectivity index (χ2v) is 7.45. The van der Waals surface area contributed by atoms with E-state index in [2.05, 4.69) is 10.2 Å². The minimum atomic E-state index is -0.345. The molecular formula is C18H23ClN2O2. The molecule has 124 valence electrons. The van der Waals surface area contributed by atoms with Crippen LogP contribution in [0.4, 0.5) is 0 Å². The number of carbonyl (C=O) groups is 1. The first kappa shape index (κ1) is 15.4. The van der Waals surface area contributed by atoms with E-state index in [1.165, 1.54) is 12.8 Å². The molecular weight excluding hydrogens is 312 g/mol. The molecule has 1 N–H and O–H groups in total. The molecule has 3 fully saturated rings. The Balaban J connectivity index is 1.45. The Kier molecular flexibility index (Phi) is 4.08. The van der Waals surface area contributed by atoms with Crippen molar-refractivity contribution in [2.75, 3.05) is 26.3 Å². The average Bonchev–Trinajstić information content (AvgIpc) is 2.96. The maximum absolute atomic E-state index is 12.9. The molecule has 2 atom stereocenters. The number of nitrogens with one attached hydrogen (secondary N) is 1. The molecule has 0 radical (unpaired) electrons. The highest BCUT2D eigenvalue weighted by atomic mass is 35.5. The van der Waals surface area contributed by atoms with Crippen LogP contribution in [0.15, 0.2) is 24.3 Å². The maximum Gasteiger partial charge on any atom is 0.231 e. The Morgan fingerprint density at radius 1 is 1.17 bits per heavy atom. The molecule has 1 amide bonds. The van der Waals surface area contributed by atoms with Gasteiger partial charge >= 0.3 is 0 Å². The molecule has 4 nitrogen and oxygen atoms in total. The number of amides is 1. The number of carbonyl (C=O) groups excluding carboxylic acids is 1. The van der Waals surface area contributed by atoms with Gasteiger partial charge in [-0.25, -0.2) is 0 Å². The van der Waals surface area contributed by atoms with Gasteiger partial charge in [-0.3, -0.25) is 9.69 Å². The molecule has 1 aromatic carbocycles. The third-order valence-corrected chi connectivity index (χ3v) is 5.81. The highest BCUT2D eigenvalue weighted by Gasteiger charge is 2.52. The van der Waals surface area contributed by atoms with Crippen LogP contribution < -0.4 is 5.32 Å². The van der Waals surface area contributed by atoms with Crippen molar-refractivity contribution in [2.24, 2.45) is 0 Å². The standard InChI is InChI=1S/C18H23ClN2O2/c19-14-5-3-13(4-6-14)18(7-8-18)17(22)20-15-11-23-12-16(15)21-9-1-2-10-21/h3-6,15-16H,1-2,7-12H2,(H,20,22)/t15-,16-/m0/s1. The highest BCUT2D eigenvalue weighted by molar-refractivity contribution is 6.30. The van der Waals surface area contributed by atoms with Gasteiger partial charge in [-0.2, -0.15) is 0 Å². The van der Waals surface area contributed by atoms with Crippen molar-refractivity contribution in [1.82, 2.24) is 10.2 Å². The van der Waals surface area contributed by atoms with Crippen molar-refractivity contribution in [3.05, 3.63) is 34.9 Å². The van der Waals surface area contributed by atoms with Gasteiger partial charge in [0.1, 0.15) is 0 Å². The minimum absolute atomic E-state index is 0.116. The van der Waals surface area contributed by atoms with Crippen LogP contribution in [-0.4, -0.2) is 49.2 Å². The van der Waals surface area contributed by atoms with Gasteiger partial charge in [0, 0.05) is 5.02 Å². The SMILES string of the molecule is O=C(N[C@H]1COC[C@@H]1N1CCCC1)C1(c2ccc(Cl)cc2)CC1. The van der Waals surface area contributed by atoms with Gasteiger partial charge in [-0.1, -0.05) is 23.7 Å². The number of likely N-dealkylation sites (tertiary alicyclic amines) is 1. The lowest BCUT2D eigenvalue weighted by molar-refractivity contribution is -0.124. The van der Waals surface area contributed by atoms with E-state index in [9.17, 15) is 4.79 Å². The predicted molar refractivity (Wildman–Crippen MR) is 89.7 cm³/mol. The number of nitrogens with zero attached hydrogens (tertiary/aromatic N) is 1. The monoisotopic (exact) mass is 334 g/mol. The fraction of sp³-hybridized carbons (Fsp3) is 0.611. The molecule has 2 saturated heterocycles. The molecule has 2 aliphatic heterocycles. The molecule has 1 aromatic rings. The van der Waals surface area contributed by atoms with E-state index in [1.807, 2.05) is 24.3 Å². The smallest absolute Gasteiger partial charge is 0.231 e. The van der Waals surface area contributed by atoms with Crippen LogP contribution in [-0.2, 0) is 14.9 Å². The molecule has 2 heterocycles. The van der Waals surface area contributed by atoms with Crippen LogP contribution in [0.25, 0.3) is 0 Å². The summed E-state index contributed by atoms with van der Waals surface area (Å²) in [5.74, 6) is 0.152. The van der Waals surface area contributed by atoms with Crippen molar-refractivity contribution in [2.45, 2.75) is 43.2 Å². The fourth-order valence-electron chi connectivity index (χ4n) is 3.96. The van der Waals surface area contributed by atoms with Gasteiger partial charge in [0.25, 0.3) is 0 Å². The van der Waals surface area contributed by atoms with Gasteiger partial charge in [-0.05, 0) is 56.5 Å². The normalized spacial score (nSPS) is 29.6. The van der Waals surface area contributed by atoms with Crippen molar-refractivity contribution in [1.29, 1.82) is 0 Å². The van der Waals surface area contributed by atoms with Crippen LogP contribution >= 0.6 is 11.6 Å². The number of halogens is 1. The average molecular weight is 335 g/mol. The minimum Gasteiger partial charge on any atom is -0.378 e. The van der Waals surface area contributed by atoms with Gasteiger partial charge in [0.05, 0.1) is 30.7 Å². The Morgan fingerprint density at radius 3 is 2.52 bits per heavy atom. The number of rotatable bonds is 4. The lowest BCUT2D eigenvalue weighted by Gasteiger charge is -2.29. The highest BCUT2D eigenvalue weighted by Crippen LogP contribution is 2.48. The molecule has 23 heavy (non-hydrogen) atoms. The first-order valence-corrected chi connectivity index (χ1v) is 8.96. The van der Waals surface area contributed by atoms with E-state index in [-0.39, 0.29) is 17.4 Å². The van der Waals surface area contributed by atoms with Crippen LogP contribution in [0.2, 0.25) is 5.02 Å². The Hall–Kier alpha value is -1.10. The van der Waals surface area contributed by atoms with Gasteiger partial charge in [-0.15, -0.1) is 0 Å². The quantitative estimate of drug-likeness (QED) is 0.919. The summed E-state index contributed by atoms with van der Waals surface area (Å²) in [6.45, 7) is 3.62. The largest absolute Gasteiger partial charge is 0.378 e. The Labute approximate surface area is 142 Å². The number of benzene rings is 1. The molecule has 5 heteroatoms. The van der Waals surface area contributed by atoms with E-state index >= 15 is 0 Å². The molecule has 0 aromatic heterocycles. The summed E-state index contributed by atoms with van der Waals surface area (Å²) >= 11 is 5.97. The summed E-state index contributed by atoms with van der Waals surface area (Å²) in [5.41, 5.74) is 0.735. The van der Waals surface area contributed by atoms with Gasteiger partial charge in [0.2, 0.25) is 5.91 Å². The van der Waals surface area contributed by atoms with Crippen LogP contribution in [0, 0.1) is 0 Å². The van der Waals surface area contributed by atoms with E-state index in [0.29, 0.717) is 17.7 Å². The second kappa shape index (κ2) is 6.08. The fourth-order valence-corrected chi connectivity index (χ4v) is 4.09. The third kappa shape index (κ3) is 2.88. The molecule has 0 spiro atoms. The van der Waals surface area contributed by atoms with Crippen molar-refractivity contribution < 1.29 is 9.53 Å². The number of hydrogen-bond donors (Lipinski definition) is 1. The lowest BCUT2D eigenvalue weighted by atomic mass is 9.94. The van der Waals surface area contributed by atoms with Crippen molar-refractivity contribution in [3.63, 3.8) is 0 Å². The second-order valence-electron chi connectivity index (χ2n) is 7.02. The molecule has 0 unspecified atom stereocenters. The van der Waals surface area contributed by atoms with E-state index < -0.39 is 0 Å². The summed E-state index contributed by atoms with van der Waals surface area (Å²) in [6, 6.07) is 8.16. The zero-order valence-electron chi connectivity index (χ0n) is 13.3. The lowest BCUT2D eigenvalue weighted by Crippen LogP contribution is -2.52. The number of ether oxygens (including phenoxy) is 1. The van der Waals surface area contributed by atoms with Gasteiger partial charge < -0.3 is 10.1 Å². The van der Waals surface area contributed by atoms with E-state index in [1.54, 1.807) is 0 Å². The first-order valence-electron chi connectivity index (χ1n) is 8.58.